The average Bonchev–Trinajstić information content (AvgIpc) is 3.26. The van der Waals surface area contributed by atoms with Crippen LogP contribution in [0.25, 0.3) is 0 Å². The van der Waals surface area contributed by atoms with Crippen LogP contribution in [0.5, 0.6) is 0 Å². The number of halogens is 1. The summed E-state index contributed by atoms with van der Waals surface area (Å²) in [5.74, 6) is 0.116. The van der Waals surface area contributed by atoms with Gasteiger partial charge in [0.15, 0.2) is 5.13 Å². The van der Waals surface area contributed by atoms with Gasteiger partial charge in [0.2, 0.25) is 5.91 Å². The molecule has 1 aromatic carbocycles. The van der Waals surface area contributed by atoms with Gasteiger partial charge in [0, 0.05) is 10.4 Å². The molecule has 8 heteroatoms. The summed E-state index contributed by atoms with van der Waals surface area (Å²) in [7, 11) is 0. The van der Waals surface area contributed by atoms with Gasteiger partial charge in [-0.3, -0.25) is 9.59 Å². The molecule has 0 atom stereocenters. The van der Waals surface area contributed by atoms with Gasteiger partial charge < -0.3 is 15.1 Å². The summed E-state index contributed by atoms with van der Waals surface area (Å²) in [4.78, 5) is 28.2. The predicted octanol–water partition coefficient (Wildman–Crippen LogP) is 3.50. The van der Waals surface area contributed by atoms with Gasteiger partial charge in [-0.15, -0.1) is 11.3 Å². The summed E-state index contributed by atoms with van der Waals surface area (Å²) in [5, 5.41) is 7.98. The number of hydrogen-bond donors (Lipinski definition) is 2. The smallest absolute Gasteiger partial charge is 0.271 e. The molecule has 6 nitrogen and oxygen atoms in total. The lowest BCUT2D eigenvalue weighted by Gasteiger charge is -2.02. The Kier molecular flexibility index (Phi) is 5.47. The van der Waals surface area contributed by atoms with Crippen molar-refractivity contribution in [1.82, 2.24) is 10.3 Å². The van der Waals surface area contributed by atoms with Crippen LogP contribution in [0, 0.1) is 0 Å². The molecule has 0 spiro atoms. The lowest BCUT2D eigenvalue weighted by molar-refractivity contribution is -0.115. The van der Waals surface area contributed by atoms with Crippen molar-refractivity contribution in [1.29, 1.82) is 0 Å². The second-order valence-electron chi connectivity index (χ2n) is 5.15. The number of nitrogens with one attached hydrogen (secondary N) is 2. The van der Waals surface area contributed by atoms with Gasteiger partial charge in [-0.05, 0) is 29.8 Å². The molecule has 0 radical (unpaired) electrons. The average molecular weight is 376 g/mol. The Hall–Kier alpha value is -2.64. The highest BCUT2D eigenvalue weighted by Gasteiger charge is 2.13. The van der Waals surface area contributed by atoms with Crippen LogP contribution in [0.2, 0.25) is 5.02 Å². The molecule has 2 heterocycles. The standard InChI is InChI=1S/C17H14ClN3O3S/c18-12-5-3-11(4-6-12)8-15(22)21-17-20-14(10-25-17)16(23)19-9-13-2-1-7-24-13/h1-7,10H,8-9H2,(H,19,23)(H,20,21,22). The molecule has 2 amide bonds. The van der Waals surface area contributed by atoms with Crippen molar-refractivity contribution in [3.63, 3.8) is 0 Å². The number of hydrogen-bond acceptors (Lipinski definition) is 5. The topological polar surface area (TPSA) is 84.2 Å². The van der Waals surface area contributed by atoms with Gasteiger partial charge in [0.1, 0.15) is 11.5 Å². The first-order valence-corrected chi connectivity index (χ1v) is 8.66. The van der Waals surface area contributed by atoms with Crippen molar-refractivity contribution >= 4 is 39.9 Å². The number of nitrogens with zero attached hydrogens (tertiary/aromatic N) is 1. The van der Waals surface area contributed by atoms with Crippen molar-refractivity contribution in [3.8, 4) is 0 Å². The number of aromatic nitrogens is 1. The van der Waals surface area contributed by atoms with Crippen molar-refractivity contribution in [2.45, 2.75) is 13.0 Å². The van der Waals surface area contributed by atoms with Crippen molar-refractivity contribution < 1.29 is 14.0 Å². The molecule has 3 rings (SSSR count). The molecule has 0 aliphatic heterocycles. The summed E-state index contributed by atoms with van der Waals surface area (Å²) in [6.07, 6.45) is 1.75. The fourth-order valence-corrected chi connectivity index (χ4v) is 2.89. The minimum Gasteiger partial charge on any atom is -0.467 e. The number of anilines is 1. The normalized spacial score (nSPS) is 10.4. The van der Waals surface area contributed by atoms with Crippen LogP contribution >= 0.6 is 22.9 Å². The number of benzene rings is 1. The minimum absolute atomic E-state index is 0.205. The summed E-state index contributed by atoms with van der Waals surface area (Å²) in [5.41, 5.74) is 1.09. The van der Waals surface area contributed by atoms with Crippen LogP contribution in [0.1, 0.15) is 21.8 Å². The van der Waals surface area contributed by atoms with E-state index in [4.69, 9.17) is 16.0 Å². The molecule has 128 valence electrons. The second-order valence-corrected chi connectivity index (χ2v) is 6.45. The predicted molar refractivity (Wildman–Crippen MR) is 95.8 cm³/mol. The van der Waals surface area contributed by atoms with E-state index < -0.39 is 0 Å². The Balaban J connectivity index is 1.52. The van der Waals surface area contributed by atoms with E-state index in [1.54, 1.807) is 48.0 Å². The Morgan fingerprint density at radius 2 is 2.00 bits per heavy atom. The molecule has 0 saturated heterocycles. The molecule has 0 aliphatic rings. The van der Waals surface area contributed by atoms with Crippen LogP contribution in [0.15, 0.2) is 52.5 Å². The third-order valence-corrected chi connectivity index (χ3v) is 4.27. The minimum atomic E-state index is -0.328. The molecule has 2 aromatic heterocycles. The highest BCUT2D eigenvalue weighted by molar-refractivity contribution is 7.14. The van der Waals surface area contributed by atoms with Gasteiger partial charge in [-0.25, -0.2) is 4.98 Å². The van der Waals surface area contributed by atoms with Gasteiger partial charge in [0.25, 0.3) is 5.91 Å². The maximum Gasteiger partial charge on any atom is 0.271 e. The fourth-order valence-electron chi connectivity index (χ4n) is 2.06. The molecular weight excluding hydrogens is 362 g/mol. The first-order valence-electron chi connectivity index (χ1n) is 7.40. The number of thiazole rings is 1. The van der Waals surface area contributed by atoms with Gasteiger partial charge >= 0.3 is 0 Å². The quantitative estimate of drug-likeness (QED) is 0.690. The molecule has 0 fully saturated rings. The first kappa shape index (κ1) is 17.2. The van der Waals surface area contributed by atoms with E-state index >= 15 is 0 Å². The first-order chi connectivity index (χ1) is 12.1. The molecular formula is C17H14ClN3O3S. The number of rotatable bonds is 6. The van der Waals surface area contributed by atoms with E-state index in [0.29, 0.717) is 15.9 Å². The number of amides is 2. The summed E-state index contributed by atoms with van der Waals surface area (Å²) < 4.78 is 5.14. The van der Waals surface area contributed by atoms with Crippen LogP contribution in [0.3, 0.4) is 0 Å². The summed E-state index contributed by atoms with van der Waals surface area (Å²) in [6, 6.07) is 10.6. The summed E-state index contributed by atoms with van der Waals surface area (Å²) in [6.45, 7) is 0.279. The van der Waals surface area contributed by atoms with Crippen molar-refractivity contribution in [3.05, 3.63) is 70.1 Å². The summed E-state index contributed by atoms with van der Waals surface area (Å²) >= 11 is 7.01. The van der Waals surface area contributed by atoms with Crippen LogP contribution in [-0.4, -0.2) is 16.8 Å². The van der Waals surface area contributed by atoms with E-state index in [1.165, 1.54) is 11.3 Å². The second kappa shape index (κ2) is 7.96. The number of furan rings is 1. The van der Waals surface area contributed by atoms with Crippen LogP contribution < -0.4 is 10.6 Å². The molecule has 0 saturated carbocycles. The van der Waals surface area contributed by atoms with E-state index in [1.807, 2.05) is 0 Å². The SMILES string of the molecule is O=C(Cc1ccc(Cl)cc1)Nc1nc(C(=O)NCc2ccco2)cs1. The molecule has 0 aliphatic carbocycles. The van der Waals surface area contributed by atoms with Crippen molar-refractivity contribution in [2.24, 2.45) is 0 Å². The maximum absolute atomic E-state index is 12.0. The highest BCUT2D eigenvalue weighted by atomic mass is 35.5. The number of carbonyl (C=O) groups excluding carboxylic acids is 2. The lowest BCUT2D eigenvalue weighted by atomic mass is 10.1. The van der Waals surface area contributed by atoms with Crippen LogP contribution in [0.4, 0.5) is 5.13 Å². The number of carbonyl (C=O) groups is 2. The zero-order valence-electron chi connectivity index (χ0n) is 13.0. The zero-order valence-corrected chi connectivity index (χ0v) is 14.6. The Labute approximate surface area is 152 Å². The maximum atomic E-state index is 12.0. The van der Waals surface area contributed by atoms with E-state index in [9.17, 15) is 9.59 Å². The van der Waals surface area contributed by atoms with Gasteiger partial charge in [-0.2, -0.15) is 0 Å². The fraction of sp³-hybridized carbons (Fsp3) is 0.118. The van der Waals surface area contributed by atoms with E-state index in [0.717, 1.165) is 5.56 Å². The Morgan fingerprint density at radius 3 is 2.72 bits per heavy atom. The molecule has 0 unspecified atom stereocenters. The highest BCUT2D eigenvalue weighted by Crippen LogP contribution is 2.16. The lowest BCUT2D eigenvalue weighted by Crippen LogP contribution is -2.23. The molecule has 0 bridgehead atoms. The van der Waals surface area contributed by atoms with Gasteiger partial charge in [-0.1, -0.05) is 23.7 Å². The third kappa shape index (κ3) is 4.91. The largest absolute Gasteiger partial charge is 0.467 e. The Bertz CT molecular complexity index is 860. The molecule has 25 heavy (non-hydrogen) atoms. The van der Waals surface area contributed by atoms with Crippen LogP contribution in [-0.2, 0) is 17.8 Å². The van der Waals surface area contributed by atoms with E-state index in [-0.39, 0.29) is 30.5 Å². The van der Waals surface area contributed by atoms with Crippen molar-refractivity contribution in [2.75, 3.05) is 5.32 Å². The molecule has 2 N–H and O–H groups in total. The van der Waals surface area contributed by atoms with E-state index in [2.05, 4.69) is 15.6 Å². The third-order valence-electron chi connectivity index (χ3n) is 3.26. The Morgan fingerprint density at radius 1 is 1.20 bits per heavy atom. The molecule has 3 aromatic rings. The van der Waals surface area contributed by atoms with Gasteiger partial charge in [0.05, 0.1) is 19.2 Å². The zero-order chi connectivity index (χ0) is 17.6. The monoisotopic (exact) mass is 375 g/mol.